The Kier molecular flexibility index (Phi) is 4.76. The molecule has 0 aliphatic rings. The van der Waals surface area contributed by atoms with Gasteiger partial charge in [0.05, 0.1) is 5.69 Å². The number of hydrogen-bond donors (Lipinski definition) is 1. The molecule has 0 amide bonds. The summed E-state index contributed by atoms with van der Waals surface area (Å²) >= 11 is 0. The molecule has 0 saturated carbocycles. The molecular formula is C22H20N4O2. The van der Waals surface area contributed by atoms with E-state index in [0.717, 1.165) is 34.1 Å². The third kappa shape index (κ3) is 3.57. The Morgan fingerprint density at radius 3 is 2.64 bits per heavy atom. The zero-order chi connectivity index (χ0) is 19.5. The number of nitrogens with two attached hydrogens (primary N) is 1. The van der Waals surface area contributed by atoms with Crippen molar-refractivity contribution in [2.24, 2.45) is 0 Å². The molecule has 0 atom stereocenters. The highest BCUT2D eigenvalue weighted by Crippen LogP contribution is 2.18. The summed E-state index contributed by atoms with van der Waals surface area (Å²) in [4.78, 5) is 17.6. The number of aromatic nitrogens is 3. The number of fused-ring (bicyclic) bond motifs is 1. The maximum absolute atomic E-state index is 13.2. The third-order valence-corrected chi connectivity index (χ3v) is 4.75. The van der Waals surface area contributed by atoms with Gasteiger partial charge in [0.2, 0.25) is 0 Å². The normalized spacial score (nSPS) is 11.0. The van der Waals surface area contributed by atoms with E-state index in [1.807, 2.05) is 42.5 Å². The molecule has 0 radical (unpaired) electrons. The summed E-state index contributed by atoms with van der Waals surface area (Å²) in [6, 6.07) is 16.6. The zero-order valence-electron chi connectivity index (χ0n) is 15.3. The summed E-state index contributed by atoms with van der Waals surface area (Å²) in [5.41, 5.74) is 9.57. The van der Waals surface area contributed by atoms with Crippen LogP contribution in [0.15, 0.2) is 78.0 Å². The van der Waals surface area contributed by atoms with Crippen LogP contribution < -0.4 is 16.0 Å². The number of benzene rings is 1. The van der Waals surface area contributed by atoms with Crippen LogP contribution in [0.1, 0.15) is 17.5 Å². The van der Waals surface area contributed by atoms with Gasteiger partial charge in [-0.3, -0.25) is 9.36 Å². The number of pyridine rings is 3. The molecule has 0 unspecified atom stereocenters. The monoisotopic (exact) mass is 372 g/mol. The van der Waals surface area contributed by atoms with Gasteiger partial charge in [0.25, 0.3) is 5.56 Å². The van der Waals surface area contributed by atoms with Crippen molar-refractivity contribution >= 4 is 16.7 Å². The minimum atomic E-state index is -0.0812. The number of nitrogen functional groups attached to an aromatic ring is 1. The smallest absolute Gasteiger partial charge is 0.259 e. The summed E-state index contributed by atoms with van der Waals surface area (Å²) in [6.45, 7) is 0. The average molecular weight is 372 g/mol. The molecule has 4 aromatic rings. The number of hydrogen-bond acceptors (Lipinski definition) is 4. The predicted molar refractivity (Wildman–Crippen MR) is 109 cm³/mol. The van der Waals surface area contributed by atoms with E-state index in [0.29, 0.717) is 23.4 Å². The van der Waals surface area contributed by atoms with Crippen molar-refractivity contribution in [2.75, 3.05) is 5.73 Å². The molecule has 4 rings (SSSR count). The number of nitrogens with zero attached hydrogens (tertiary/aromatic N) is 3. The van der Waals surface area contributed by atoms with Crippen molar-refractivity contribution < 1.29 is 4.73 Å². The lowest BCUT2D eigenvalue weighted by Crippen LogP contribution is -2.24. The second-order valence-electron chi connectivity index (χ2n) is 6.74. The van der Waals surface area contributed by atoms with Crippen LogP contribution in [-0.2, 0) is 12.8 Å². The number of aryl methyl sites for hydroxylation is 2. The lowest BCUT2D eigenvalue weighted by molar-refractivity contribution is -0.605. The van der Waals surface area contributed by atoms with Crippen LogP contribution in [-0.4, -0.2) is 9.55 Å². The van der Waals surface area contributed by atoms with Gasteiger partial charge in [-0.1, -0.05) is 6.07 Å². The van der Waals surface area contributed by atoms with Gasteiger partial charge >= 0.3 is 0 Å². The Balaban J connectivity index is 1.70. The second-order valence-corrected chi connectivity index (χ2v) is 6.74. The summed E-state index contributed by atoms with van der Waals surface area (Å²) in [6.07, 6.45) is 6.90. The highest BCUT2D eigenvalue weighted by Gasteiger charge is 2.12. The van der Waals surface area contributed by atoms with Gasteiger partial charge < -0.3 is 10.9 Å². The van der Waals surface area contributed by atoms with Gasteiger partial charge in [-0.05, 0) is 61.2 Å². The van der Waals surface area contributed by atoms with Crippen molar-refractivity contribution in [1.82, 2.24) is 9.55 Å². The number of rotatable bonds is 5. The first-order valence-corrected chi connectivity index (χ1v) is 9.15. The molecule has 6 nitrogen and oxygen atoms in total. The van der Waals surface area contributed by atoms with Gasteiger partial charge in [-0.25, -0.2) is 4.98 Å². The molecule has 0 fully saturated rings. The molecule has 6 heteroatoms. The van der Waals surface area contributed by atoms with Crippen LogP contribution in [0.3, 0.4) is 0 Å². The fourth-order valence-electron chi connectivity index (χ4n) is 3.37. The predicted octanol–water partition coefficient (Wildman–Crippen LogP) is 2.78. The van der Waals surface area contributed by atoms with E-state index >= 15 is 0 Å². The highest BCUT2D eigenvalue weighted by atomic mass is 16.5. The topological polar surface area (TPSA) is 87.8 Å². The molecule has 0 saturated heterocycles. The van der Waals surface area contributed by atoms with Gasteiger partial charge in [0.1, 0.15) is 5.65 Å². The summed E-state index contributed by atoms with van der Waals surface area (Å²) in [5, 5.41) is 12.0. The summed E-state index contributed by atoms with van der Waals surface area (Å²) in [5.74, 6) is 0. The van der Waals surface area contributed by atoms with Gasteiger partial charge in [0.15, 0.2) is 12.4 Å². The van der Waals surface area contributed by atoms with Crippen LogP contribution in [0.5, 0.6) is 0 Å². The van der Waals surface area contributed by atoms with E-state index in [1.165, 1.54) is 12.4 Å². The molecule has 0 bridgehead atoms. The van der Waals surface area contributed by atoms with Crippen LogP contribution >= 0.6 is 0 Å². The third-order valence-electron chi connectivity index (χ3n) is 4.75. The Hall–Kier alpha value is -3.67. The van der Waals surface area contributed by atoms with Crippen LogP contribution in [0.2, 0.25) is 0 Å². The molecule has 140 valence electrons. The minimum absolute atomic E-state index is 0.0812. The highest BCUT2D eigenvalue weighted by molar-refractivity contribution is 5.77. The van der Waals surface area contributed by atoms with Gasteiger partial charge in [-0.2, -0.15) is 4.73 Å². The molecule has 0 aliphatic heterocycles. The van der Waals surface area contributed by atoms with E-state index < -0.39 is 0 Å². The first-order chi connectivity index (χ1) is 13.6. The van der Waals surface area contributed by atoms with Gasteiger partial charge in [0, 0.05) is 35.0 Å². The first kappa shape index (κ1) is 17.7. The lowest BCUT2D eigenvalue weighted by atomic mass is 10.0. The maximum Gasteiger partial charge on any atom is 0.259 e. The van der Waals surface area contributed by atoms with Crippen molar-refractivity contribution in [3.8, 4) is 5.69 Å². The lowest BCUT2D eigenvalue weighted by Gasteiger charge is -2.13. The molecular weight excluding hydrogens is 352 g/mol. The van der Waals surface area contributed by atoms with Crippen LogP contribution in [0, 0.1) is 5.21 Å². The largest absolute Gasteiger partial charge is 0.619 e. The Morgan fingerprint density at radius 2 is 1.86 bits per heavy atom. The molecule has 0 spiro atoms. The fourth-order valence-corrected chi connectivity index (χ4v) is 3.37. The van der Waals surface area contributed by atoms with E-state index in [-0.39, 0.29) is 5.56 Å². The average Bonchev–Trinajstić information content (AvgIpc) is 2.70. The van der Waals surface area contributed by atoms with Crippen LogP contribution in [0.4, 0.5) is 5.69 Å². The molecule has 0 aliphatic carbocycles. The number of anilines is 1. The molecule has 28 heavy (non-hydrogen) atoms. The van der Waals surface area contributed by atoms with Crippen molar-refractivity contribution in [3.63, 3.8) is 0 Å². The zero-order valence-corrected chi connectivity index (χ0v) is 15.3. The first-order valence-electron chi connectivity index (χ1n) is 9.15. The molecule has 3 aromatic heterocycles. The van der Waals surface area contributed by atoms with E-state index in [2.05, 4.69) is 4.98 Å². The standard InChI is InChI=1S/C22H20N4O2/c23-19-7-2-8-20(15-19)26-21-17(6-3-11-24-21)14-18(22(26)27)5-1-4-16-9-12-25(28)13-10-16/h2-3,6-15H,1,4-5,23H2. The molecule has 2 N–H and O–H groups in total. The minimum Gasteiger partial charge on any atom is -0.619 e. The summed E-state index contributed by atoms with van der Waals surface area (Å²) < 4.78 is 2.40. The fraction of sp³-hybridized carbons (Fsp3) is 0.136. The quantitative estimate of drug-likeness (QED) is 0.331. The Morgan fingerprint density at radius 1 is 1.04 bits per heavy atom. The molecule has 1 aromatic carbocycles. The SMILES string of the molecule is Nc1cccc(-n2c(=O)c(CCCc3cc[n+]([O-])cc3)cc3cccnc32)c1. The Labute approximate surface area is 162 Å². The van der Waals surface area contributed by atoms with Crippen molar-refractivity contribution in [1.29, 1.82) is 0 Å². The van der Waals surface area contributed by atoms with E-state index in [4.69, 9.17) is 5.73 Å². The van der Waals surface area contributed by atoms with Crippen molar-refractivity contribution in [3.05, 3.63) is 99.9 Å². The Bertz CT molecular complexity index is 1180. The second kappa shape index (κ2) is 7.52. The van der Waals surface area contributed by atoms with Gasteiger partial charge in [-0.15, -0.1) is 0 Å². The molecule has 3 heterocycles. The van der Waals surface area contributed by atoms with Crippen molar-refractivity contribution in [2.45, 2.75) is 19.3 Å². The maximum atomic E-state index is 13.2. The summed E-state index contributed by atoms with van der Waals surface area (Å²) in [7, 11) is 0. The van der Waals surface area contributed by atoms with Crippen LogP contribution in [0.25, 0.3) is 16.7 Å². The van der Waals surface area contributed by atoms with E-state index in [9.17, 15) is 10.0 Å². The van der Waals surface area contributed by atoms with E-state index in [1.54, 1.807) is 22.9 Å².